The highest BCUT2D eigenvalue weighted by molar-refractivity contribution is 5.78. The maximum Gasteiger partial charge on any atom is 0.264 e. The van der Waals surface area contributed by atoms with Crippen molar-refractivity contribution in [3.05, 3.63) is 46.8 Å². The summed E-state index contributed by atoms with van der Waals surface area (Å²) in [7, 11) is 1.79. The summed E-state index contributed by atoms with van der Waals surface area (Å²) >= 11 is 0. The van der Waals surface area contributed by atoms with Crippen molar-refractivity contribution in [3.63, 3.8) is 0 Å². The summed E-state index contributed by atoms with van der Waals surface area (Å²) in [6.07, 6.45) is 3.82. The Bertz CT molecular complexity index is 1340. The minimum absolute atomic E-state index is 0.0186. The van der Waals surface area contributed by atoms with Gasteiger partial charge in [-0.05, 0) is 49.4 Å². The third kappa shape index (κ3) is 4.38. The minimum Gasteiger partial charge on any atom is -0.381 e. The van der Waals surface area contributed by atoms with E-state index < -0.39 is 6.43 Å². The van der Waals surface area contributed by atoms with Crippen LogP contribution < -0.4 is 4.90 Å². The molecule has 10 heteroatoms. The van der Waals surface area contributed by atoms with Gasteiger partial charge in [0.1, 0.15) is 0 Å². The lowest BCUT2D eigenvalue weighted by molar-refractivity contribution is -0.131. The summed E-state index contributed by atoms with van der Waals surface area (Å²) in [5.41, 5.74) is 5.03. The number of hydrogen-bond donors (Lipinski definition) is 0. The highest BCUT2D eigenvalue weighted by atomic mass is 19.3. The van der Waals surface area contributed by atoms with Gasteiger partial charge in [-0.15, -0.1) is 0 Å². The van der Waals surface area contributed by atoms with E-state index >= 15 is 0 Å². The van der Waals surface area contributed by atoms with Crippen LogP contribution in [-0.2, 0) is 36.0 Å². The number of fused-ring (bicyclic) bond motifs is 2. The number of alkyl halides is 2. The highest BCUT2D eigenvalue weighted by Gasteiger charge is 2.34. The summed E-state index contributed by atoms with van der Waals surface area (Å²) in [6.45, 7) is 5.16. The molecule has 202 valence electrons. The maximum absolute atomic E-state index is 14.4. The van der Waals surface area contributed by atoms with Crippen molar-refractivity contribution in [3.8, 4) is 11.3 Å². The minimum atomic E-state index is -2.63. The van der Waals surface area contributed by atoms with Crippen molar-refractivity contribution >= 4 is 17.4 Å². The largest absolute Gasteiger partial charge is 0.381 e. The first kappa shape index (κ1) is 25.0. The zero-order chi connectivity index (χ0) is 26.4. The summed E-state index contributed by atoms with van der Waals surface area (Å²) in [4.78, 5) is 16.7. The summed E-state index contributed by atoms with van der Waals surface area (Å²) in [5, 5.41) is 9.56. The van der Waals surface area contributed by atoms with Crippen LogP contribution in [0.1, 0.15) is 67.5 Å². The zero-order valence-electron chi connectivity index (χ0n) is 22.0. The van der Waals surface area contributed by atoms with Crippen LogP contribution in [0.2, 0.25) is 0 Å². The van der Waals surface area contributed by atoms with Gasteiger partial charge >= 0.3 is 0 Å². The second-order valence-corrected chi connectivity index (χ2v) is 10.5. The fraction of sp³-hybridized carbons (Fsp3) is 0.536. The number of rotatable bonds is 5. The van der Waals surface area contributed by atoms with E-state index in [2.05, 4.69) is 14.7 Å². The number of carbonyl (C=O) groups excluding carboxylic acids is 1. The number of anilines is 2. The Morgan fingerprint density at radius 3 is 2.68 bits per heavy atom. The fourth-order valence-electron chi connectivity index (χ4n) is 6.14. The van der Waals surface area contributed by atoms with Crippen LogP contribution in [0.4, 0.5) is 20.3 Å². The molecule has 3 aliphatic heterocycles. The van der Waals surface area contributed by atoms with Crippen LogP contribution in [-0.4, -0.2) is 56.7 Å². The molecule has 6 rings (SSSR count). The van der Waals surface area contributed by atoms with Gasteiger partial charge < -0.3 is 14.5 Å². The van der Waals surface area contributed by atoms with Crippen LogP contribution in [0.5, 0.6) is 0 Å². The van der Waals surface area contributed by atoms with Crippen LogP contribution in [0.25, 0.3) is 11.3 Å². The Kier molecular flexibility index (Phi) is 6.67. The lowest BCUT2D eigenvalue weighted by atomic mass is 9.93. The van der Waals surface area contributed by atoms with Gasteiger partial charge in [-0.25, -0.2) is 8.78 Å². The number of aryl methyl sites for hydroxylation is 2. The number of benzene rings is 1. The first-order valence-corrected chi connectivity index (χ1v) is 13.6. The first-order valence-electron chi connectivity index (χ1n) is 13.6. The molecule has 3 aliphatic rings. The molecule has 1 amide bonds. The van der Waals surface area contributed by atoms with Gasteiger partial charge in [0.05, 0.1) is 18.3 Å². The third-order valence-corrected chi connectivity index (χ3v) is 8.11. The lowest BCUT2D eigenvalue weighted by Crippen LogP contribution is -2.37. The van der Waals surface area contributed by atoms with E-state index in [0.717, 1.165) is 54.7 Å². The average Bonchev–Trinajstić information content (AvgIpc) is 3.55. The number of nitrogens with zero attached hydrogens (tertiary/aromatic N) is 6. The van der Waals surface area contributed by atoms with E-state index in [0.29, 0.717) is 50.5 Å². The molecule has 0 N–H and O–H groups in total. The molecule has 38 heavy (non-hydrogen) atoms. The first-order chi connectivity index (χ1) is 18.4. The number of carbonyl (C=O) groups is 1. The highest BCUT2D eigenvalue weighted by Crippen LogP contribution is 2.43. The molecule has 8 nitrogen and oxygen atoms in total. The van der Waals surface area contributed by atoms with E-state index in [1.54, 1.807) is 30.1 Å². The van der Waals surface area contributed by atoms with Crippen molar-refractivity contribution in [2.45, 2.75) is 64.5 Å². The zero-order valence-corrected chi connectivity index (χ0v) is 22.0. The molecule has 0 saturated carbocycles. The number of amides is 1. The maximum atomic E-state index is 14.4. The van der Waals surface area contributed by atoms with Gasteiger partial charge in [-0.3, -0.25) is 14.2 Å². The van der Waals surface area contributed by atoms with E-state index in [9.17, 15) is 13.6 Å². The molecule has 0 aliphatic carbocycles. The molecule has 1 aromatic carbocycles. The molecule has 0 atom stereocenters. The second-order valence-electron chi connectivity index (χ2n) is 10.5. The molecule has 0 unspecified atom stereocenters. The van der Waals surface area contributed by atoms with Crippen molar-refractivity contribution < 1.29 is 18.3 Å². The topological polar surface area (TPSA) is 68.4 Å². The van der Waals surface area contributed by atoms with Gasteiger partial charge in [0.25, 0.3) is 6.43 Å². The van der Waals surface area contributed by atoms with E-state index in [1.807, 2.05) is 17.9 Å². The molecule has 5 heterocycles. The van der Waals surface area contributed by atoms with Crippen LogP contribution >= 0.6 is 0 Å². The molecular formula is C28H34F2N6O2. The molecular weight excluding hydrogens is 490 g/mol. The predicted octanol–water partition coefficient (Wildman–Crippen LogP) is 4.95. The standard InChI is InChI=1S/C28H34F2N6O2/c1-3-26(37)34-12-7-24-22(17-34)28(32-36(24)19-8-13-38-14-9-19)35-10-4-5-18-15-20(23-6-11-33(2)31-23)21(27(29)30)16-25(18)35/h6,11,15-16,19,27H,3-5,7-10,12-14,17H2,1-2H3. The molecule has 3 aromatic rings. The predicted molar refractivity (Wildman–Crippen MR) is 140 cm³/mol. The molecule has 0 bridgehead atoms. The lowest BCUT2D eigenvalue weighted by Gasteiger charge is -2.33. The summed E-state index contributed by atoms with van der Waals surface area (Å²) in [5.74, 6) is 0.922. The van der Waals surface area contributed by atoms with Gasteiger partial charge in [0.2, 0.25) is 5.91 Å². The fourth-order valence-corrected chi connectivity index (χ4v) is 6.14. The van der Waals surface area contributed by atoms with Crippen molar-refractivity contribution in [1.29, 1.82) is 0 Å². The number of halogens is 2. The molecule has 1 fully saturated rings. The van der Waals surface area contributed by atoms with Crippen molar-refractivity contribution in [2.24, 2.45) is 7.05 Å². The van der Waals surface area contributed by atoms with Gasteiger partial charge in [-0.2, -0.15) is 10.2 Å². The van der Waals surface area contributed by atoms with Crippen molar-refractivity contribution in [1.82, 2.24) is 24.5 Å². The second kappa shape index (κ2) is 10.1. The van der Waals surface area contributed by atoms with E-state index in [4.69, 9.17) is 9.84 Å². The summed E-state index contributed by atoms with van der Waals surface area (Å²) < 4.78 is 38.2. The van der Waals surface area contributed by atoms with Gasteiger partial charge in [0.15, 0.2) is 5.82 Å². The Morgan fingerprint density at radius 2 is 1.97 bits per heavy atom. The third-order valence-electron chi connectivity index (χ3n) is 8.11. The van der Waals surface area contributed by atoms with Crippen LogP contribution in [0, 0.1) is 0 Å². The van der Waals surface area contributed by atoms with E-state index in [-0.39, 0.29) is 17.5 Å². The van der Waals surface area contributed by atoms with Crippen LogP contribution in [0.15, 0.2) is 24.4 Å². The van der Waals surface area contributed by atoms with Crippen molar-refractivity contribution in [2.75, 3.05) is 31.2 Å². The Morgan fingerprint density at radius 1 is 1.16 bits per heavy atom. The number of hydrogen-bond acceptors (Lipinski definition) is 5. The van der Waals surface area contributed by atoms with E-state index in [1.165, 1.54) is 5.69 Å². The molecule has 0 radical (unpaired) electrons. The van der Waals surface area contributed by atoms with Gasteiger partial charge in [0, 0.05) is 80.5 Å². The average molecular weight is 525 g/mol. The number of aromatic nitrogens is 4. The molecule has 0 spiro atoms. The monoisotopic (exact) mass is 524 g/mol. The normalized spacial score (nSPS) is 18.1. The SMILES string of the molecule is CCC(=O)N1CCc2c(c(N3CCCc4cc(-c5ccn(C)n5)c(C(F)F)cc43)nn2C2CCOCC2)C1. The Hall–Kier alpha value is -3.27. The van der Waals surface area contributed by atoms with Crippen LogP contribution in [0.3, 0.4) is 0 Å². The Balaban J connectivity index is 1.46. The number of ether oxygens (including phenoxy) is 1. The quantitative estimate of drug-likeness (QED) is 0.472. The Labute approximate surface area is 221 Å². The smallest absolute Gasteiger partial charge is 0.264 e. The summed E-state index contributed by atoms with van der Waals surface area (Å²) in [6, 6.07) is 5.55. The molecule has 1 saturated heterocycles. The molecule has 2 aromatic heterocycles. The van der Waals surface area contributed by atoms with Gasteiger partial charge in [-0.1, -0.05) is 6.92 Å².